The summed E-state index contributed by atoms with van der Waals surface area (Å²) in [6.07, 6.45) is -0.0515. The number of nitrogens with zero attached hydrogens (tertiary/aromatic N) is 3. The van der Waals surface area contributed by atoms with E-state index in [1.165, 1.54) is 42.9 Å². The number of rotatable bonds is 8. The van der Waals surface area contributed by atoms with E-state index in [4.69, 9.17) is 9.47 Å². The van der Waals surface area contributed by atoms with E-state index in [2.05, 4.69) is 10.3 Å². The molecule has 202 valence electrons. The molecule has 3 aromatic rings. The van der Waals surface area contributed by atoms with Gasteiger partial charge in [0.15, 0.2) is 16.7 Å². The number of aliphatic imine (C=N–C) groups is 1. The standard InChI is InChI=1S/C27H26N4O6S2/c1-30(2)39(34,35)21-10-6-9-20(14-21)29-27-31(16-18-11-12-22-23(13-18)37-17-36-22)26(33)24(38-27)15-25(32)28-19-7-4-3-5-8-19/h3-14,24H,15-17H2,1-2H3,(H,28,32)/t24-/m0/s1. The first-order chi connectivity index (χ1) is 18.7. The average molecular weight is 567 g/mol. The summed E-state index contributed by atoms with van der Waals surface area (Å²) in [6.45, 7) is 0.322. The molecule has 0 spiro atoms. The zero-order valence-electron chi connectivity index (χ0n) is 21.2. The van der Waals surface area contributed by atoms with Crippen LogP contribution in [0.2, 0.25) is 0 Å². The predicted octanol–water partition coefficient (Wildman–Crippen LogP) is 3.83. The summed E-state index contributed by atoms with van der Waals surface area (Å²) >= 11 is 1.17. The summed E-state index contributed by atoms with van der Waals surface area (Å²) in [5, 5.41) is 2.49. The quantitative estimate of drug-likeness (QED) is 0.440. The molecule has 5 rings (SSSR count). The van der Waals surface area contributed by atoms with Crippen LogP contribution in [-0.4, -0.2) is 60.7 Å². The van der Waals surface area contributed by atoms with E-state index in [9.17, 15) is 18.0 Å². The smallest absolute Gasteiger partial charge is 0.242 e. The molecule has 2 heterocycles. The first-order valence-electron chi connectivity index (χ1n) is 12.0. The molecule has 10 nitrogen and oxygen atoms in total. The number of ether oxygens (including phenoxy) is 2. The molecular formula is C27H26N4O6S2. The highest BCUT2D eigenvalue weighted by Crippen LogP contribution is 2.36. The Kier molecular flexibility index (Phi) is 7.60. The van der Waals surface area contributed by atoms with Gasteiger partial charge in [-0.3, -0.25) is 14.5 Å². The number of para-hydroxylation sites is 1. The van der Waals surface area contributed by atoms with Gasteiger partial charge in [-0.2, -0.15) is 0 Å². The van der Waals surface area contributed by atoms with Gasteiger partial charge in [0.05, 0.1) is 17.1 Å². The molecule has 12 heteroatoms. The fraction of sp³-hybridized carbons (Fsp3) is 0.222. The normalized spacial score (nSPS) is 17.7. The summed E-state index contributed by atoms with van der Waals surface area (Å²) in [5.41, 5.74) is 1.81. The van der Waals surface area contributed by atoms with Crippen LogP contribution in [0, 0.1) is 0 Å². The van der Waals surface area contributed by atoms with Crippen molar-refractivity contribution in [2.45, 2.75) is 23.1 Å². The van der Waals surface area contributed by atoms with Gasteiger partial charge in [0.25, 0.3) is 0 Å². The van der Waals surface area contributed by atoms with Crippen molar-refractivity contribution in [3.05, 3.63) is 78.4 Å². The monoisotopic (exact) mass is 566 g/mol. The second kappa shape index (κ2) is 11.1. The van der Waals surface area contributed by atoms with Crippen molar-refractivity contribution in [2.75, 3.05) is 26.2 Å². The molecule has 1 saturated heterocycles. The van der Waals surface area contributed by atoms with Crippen molar-refractivity contribution < 1.29 is 27.5 Å². The van der Waals surface area contributed by atoms with E-state index in [0.29, 0.717) is 28.0 Å². The van der Waals surface area contributed by atoms with Gasteiger partial charge in [-0.05, 0) is 48.0 Å². The summed E-state index contributed by atoms with van der Waals surface area (Å²) in [4.78, 5) is 32.5. The highest BCUT2D eigenvalue weighted by Gasteiger charge is 2.39. The molecule has 2 aliphatic heterocycles. The molecule has 3 aromatic carbocycles. The maximum atomic E-state index is 13.5. The Bertz CT molecular complexity index is 1540. The molecule has 0 bridgehead atoms. The van der Waals surface area contributed by atoms with Crippen LogP contribution >= 0.6 is 11.8 Å². The maximum Gasteiger partial charge on any atom is 0.242 e. The summed E-state index contributed by atoms with van der Waals surface area (Å²) < 4.78 is 37.3. The average Bonchev–Trinajstić information content (AvgIpc) is 3.49. The van der Waals surface area contributed by atoms with Gasteiger partial charge < -0.3 is 14.8 Å². The number of benzene rings is 3. The Hall–Kier alpha value is -3.87. The van der Waals surface area contributed by atoms with Gasteiger partial charge in [-0.15, -0.1) is 0 Å². The van der Waals surface area contributed by atoms with E-state index in [1.807, 2.05) is 24.3 Å². The second-order valence-corrected chi connectivity index (χ2v) is 12.3. The van der Waals surface area contributed by atoms with Crippen molar-refractivity contribution in [3.8, 4) is 11.5 Å². The molecule has 0 radical (unpaired) electrons. The van der Waals surface area contributed by atoms with E-state index in [1.54, 1.807) is 36.4 Å². The lowest BCUT2D eigenvalue weighted by molar-refractivity contribution is -0.128. The number of hydrogen-bond acceptors (Lipinski definition) is 8. The Balaban J connectivity index is 1.43. The Morgan fingerprint density at radius 2 is 1.82 bits per heavy atom. The van der Waals surface area contributed by atoms with Crippen LogP contribution in [0.4, 0.5) is 11.4 Å². The van der Waals surface area contributed by atoms with E-state index in [-0.39, 0.29) is 36.5 Å². The van der Waals surface area contributed by atoms with Gasteiger partial charge in [0.2, 0.25) is 28.6 Å². The number of anilines is 1. The van der Waals surface area contributed by atoms with Crippen molar-refractivity contribution in [2.24, 2.45) is 4.99 Å². The third-order valence-corrected chi connectivity index (χ3v) is 9.03. The van der Waals surface area contributed by atoms with Crippen LogP contribution in [0.25, 0.3) is 0 Å². The molecule has 0 aliphatic carbocycles. The molecular weight excluding hydrogens is 540 g/mol. The van der Waals surface area contributed by atoms with Crippen molar-refractivity contribution in [1.29, 1.82) is 0 Å². The predicted molar refractivity (Wildman–Crippen MR) is 149 cm³/mol. The van der Waals surface area contributed by atoms with Crippen molar-refractivity contribution in [1.82, 2.24) is 9.21 Å². The number of amidine groups is 1. The van der Waals surface area contributed by atoms with Crippen LogP contribution < -0.4 is 14.8 Å². The largest absolute Gasteiger partial charge is 0.454 e. The Labute approximate surface area is 230 Å². The minimum absolute atomic E-state index is 0.0515. The first-order valence-corrected chi connectivity index (χ1v) is 14.4. The van der Waals surface area contributed by atoms with Crippen LogP contribution in [-0.2, 0) is 26.2 Å². The zero-order valence-corrected chi connectivity index (χ0v) is 22.9. The fourth-order valence-electron chi connectivity index (χ4n) is 4.03. The Morgan fingerprint density at radius 3 is 2.59 bits per heavy atom. The van der Waals surface area contributed by atoms with Gasteiger partial charge in [-0.25, -0.2) is 17.7 Å². The maximum absolute atomic E-state index is 13.5. The number of nitrogens with one attached hydrogen (secondary N) is 1. The van der Waals surface area contributed by atoms with Crippen LogP contribution in [0.1, 0.15) is 12.0 Å². The summed E-state index contributed by atoms with van der Waals surface area (Å²) in [6, 6.07) is 20.7. The number of hydrogen-bond donors (Lipinski definition) is 1. The lowest BCUT2D eigenvalue weighted by Crippen LogP contribution is -2.33. The lowest BCUT2D eigenvalue weighted by Gasteiger charge is -2.17. The number of thioether (sulfide) groups is 1. The number of fused-ring (bicyclic) bond motifs is 1. The van der Waals surface area contributed by atoms with Crippen molar-refractivity contribution in [3.63, 3.8) is 0 Å². The first kappa shape index (κ1) is 26.7. The highest BCUT2D eigenvalue weighted by molar-refractivity contribution is 8.15. The lowest BCUT2D eigenvalue weighted by atomic mass is 10.1. The minimum Gasteiger partial charge on any atom is -0.454 e. The molecule has 39 heavy (non-hydrogen) atoms. The van der Waals surface area contributed by atoms with Gasteiger partial charge in [0, 0.05) is 26.2 Å². The molecule has 1 atom stereocenters. The highest BCUT2D eigenvalue weighted by atomic mass is 32.2. The number of sulfonamides is 1. The fourth-order valence-corrected chi connectivity index (χ4v) is 6.13. The van der Waals surface area contributed by atoms with Gasteiger partial charge in [-0.1, -0.05) is 42.1 Å². The SMILES string of the molecule is CN(C)S(=O)(=O)c1cccc(N=C2S[C@@H](CC(=O)Nc3ccccc3)C(=O)N2Cc2ccc3c(c2)OCO3)c1. The molecule has 2 amide bonds. The molecule has 2 aliphatic rings. The number of carbonyl (C=O) groups is 2. The molecule has 1 fully saturated rings. The van der Waals surface area contributed by atoms with E-state index < -0.39 is 15.3 Å². The molecule has 0 saturated carbocycles. The van der Waals surface area contributed by atoms with Crippen molar-refractivity contribution >= 4 is 50.1 Å². The minimum atomic E-state index is -3.67. The van der Waals surface area contributed by atoms with Gasteiger partial charge >= 0.3 is 0 Å². The van der Waals surface area contributed by atoms with E-state index in [0.717, 1.165) is 9.87 Å². The second-order valence-electron chi connectivity index (χ2n) is 9.02. The van der Waals surface area contributed by atoms with Gasteiger partial charge in [0.1, 0.15) is 5.25 Å². The topological polar surface area (TPSA) is 118 Å². The van der Waals surface area contributed by atoms with Crippen LogP contribution in [0.15, 0.2) is 82.7 Å². The summed E-state index contributed by atoms with van der Waals surface area (Å²) in [5.74, 6) is 0.655. The zero-order chi connectivity index (χ0) is 27.6. The molecule has 0 unspecified atom stereocenters. The van der Waals surface area contributed by atoms with Crippen LogP contribution in [0.5, 0.6) is 11.5 Å². The third kappa shape index (κ3) is 5.92. The summed E-state index contributed by atoms with van der Waals surface area (Å²) in [7, 11) is -0.758. The molecule has 0 aromatic heterocycles. The Morgan fingerprint density at radius 1 is 1.05 bits per heavy atom. The van der Waals surface area contributed by atoms with Crippen LogP contribution in [0.3, 0.4) is 0 Å². The molecule has 1 N–H and O–H groups in total. The number of amides is 2. The number of carbonyl (C=O) groups excluding carboxylic acids is 2. The third-order valence-electron chi connectivity index (χ3n) is 6.05. The van der Waals surface area contributed by atoms with E-state index >= 15 is 0 Å².